The van der Waals surface area contributed by atoms with Crippen molar-refractivity contribution in [1.82, 2.24) is 15.1 Å². The van der Waals surface area contributed by atoms with Gasteiger partial charge in [-0.2, -0.15) is 5.10 Å². The molecule has 0 amide bonds. The van der Waals surface area contributed by atoms with E-state index in [0.717, 1.165) is 24.4 Å². The second-order valence-corrected chi connectivity index (χ2v) is 5.57. The molecule has 5 heteroatoms. The lowest BCUT2D eigenvalue weighted by Crippen LogP contribution is -2.24. The molecule has 0 aliphatic carbocycles. The number of ether oxygens (including phenoxy) is 1. The van der Waals surface area contributed by atoms with Crippen molar-refractivity contribution < 1.29 is 4.74 Å². The average Bonchev–Trinajstić information content (AvgIpc) is 3.02. The van der Waals surface area contributed by atoms with Gasteiger partial charge >= 0.3 is 0 Å². The zero-order valence-electron chi connectivity index (χ0n) is 11.9. The molecule has 104 valence electrons. The van der Waals surface area contributed by atoms with Gasteiger partial charge < -0.3 is 10.1 Å². The van der Waals surface area contributed by atoms with Crippen molar-refractivity contribution in [3.8, 4) is 5.75 Å². The Morgan fingerprint density at radius 2 is 2.21 bits per heavy atom. The van der Waals surface area contributed by atoms with Crippen LogP contribution in [0, 0.1) is 0 Å². The van der Waals surface area contributed by atoms with Gasteiger partial charge in [0.05, 0.1) is 19.3 Å². The molecule has 2 rings (SSSR count). The molecular formula is C14H21N3OS. The monoisotopic (exact) mass is 279 g/mol. The fraction of sp³-hybridized carbons (Fsp3) is 0.500. The highest BCUT2D eigenvalue weighted by Crippen LogP contribution is 2.33. The third kappa shape index (κ3) is 2.82. The maximum absolute atomic E-state index is 5.43. The van der Waals surface area contributed by atoms with Gasteiger partial charge in [-0.3, -0.25) is 4.68 Å². The number of rotatable bonds is 6. The van der Waals surface area contributed by atoms with Gasteiger partial charge in [0, 0.05) is 16.8 Å². The Kier molecular flexibility index (Phi) is 4.61. The van der Waals surface area contributed by atoms with E-state index in [4.69, 9.17) is 4.74 Å². The summed E-state index contributed by atoms with van der Waals surface area (Å²) in [5, 5.41) is 7.82. The van der Waals surface area contributed by atoms with Crippen LogP contribution < -0.4 is 10.1 Å². The summed E-state index contributed by atoms with van der Waals surface area (Å²) in [5.41, 5.74) is 1.08. The average molecular weight is 279 g/mol. The van der Waals surface area contributed by atoms with Crippen LogP contribution in [0.5, 0.6) is 5.75 Å². The van der Waals surface area contributed by atoms with Gasteiger partial charge in [0.15, 0.2) is 5.75 Å². The van der Waals surface area contributed by atoms with Crippen LogP contribution in [0.25, 0.3) is 0 Å². The summed E-state index contributed by atoms with van der Waals surface area (Å²) >= 11 is 1.85. The highest BCUT2D eigenvalue weighted by atomic mass is 32.1. The molecule has 0 spiro atoms. The highest BCUT2D eigenvalue weighted by molar-refractivity contribution is 7.12. The third-order valence-corrected chi connectivity index (χ3v) is 4.46. The number of methoxy groups -OCH3 is 1. The molecule has 0 saturated carbocycles. The van der Waals surface area contributed by atoms with E-state index in [1.54, 1.807) is 13.3 Å². The van der Waals surface area contributed by atoms with E-state index in [1.165, 1.54) is 9.75 Å². The first-order valence-electron chi connectivity index (χ1n) is 6.59. The van der Waals surface area contributed by atoms with Crippen LogP contribution in [0.2, 0.25) is 0 Å². The minimum Gasteiger partial charge on any atom is -0.493 e. The minimum atomic E-state index is 0.137. The van der Waals surface area contributed by atoms with E-state index in [0.29, 0.717) is 0 Å². The van der Waals surface area contributed by atoms with Gasteiger partial charge in [-0.1, -0.05) is 13.8 Å². The lowest BCUT2D eigenvalue weighted by molar-refractivity contribution is 0.401. The zero-order valence-corrected chi connectivity index (χ0v) is 12.8. The first kappa shape index (κ1) is 14.1. The largest absolute Gasteiger partial charge is 0.493 e. The predicted molar refractivity (Wildman–Crippen MR) is 79.0 cm³/mol. The van der Waals surface area contributed by atoms with Gasteiger partial charge in [0.2, 0.25) is 0 Å². The molecule has 0 bridgehead atoms. The van der Waals surface area contributed by atoms with Gasteiger partial charge in [0.25, 0.3) is 0 Å². The second kappa shape index (κ2) is 6.21. The standard InChI is InChI=1S/C14H21N3OS/c1-5-10-7-8-12(19-10)13(15-6-2)14-11(18-4)9-16-17(14)3/h7-9,13,15H,5-6H2,1-4H3. The maximum Gasteiger partial charge on any atom is 0.161 e. The summed E-state index contributed by atoms with van der Waals surface area (Å²) in [6.45, 7) is 5.20. The fourth-order valence-electron chi connectivity index (χ4n) is 2.19. The Labute approximate surface area is 118 Å². The molecule has 2 aromatic heterocycles. The number of nitrogens with one attached hydrogen (secondary N) is 1. The van der Waals surface area contributed by atoms with Gasteiger partial charge in [-0.25, -0.2) is 0 Å². The van der Waals surface area contributed by atoms with Crippen molar-refractivity contribution in [2.75, 3.05) is 13.7 Å². The number of hydrogen-bond donors (Lipinski definition) is 1. The molecule has 1 unspecified atom stereocenters. The normalized spacial score (nSPS) is 12.6. The van der Waals surface area contributed by atoms with E-state index in [1.807, 2.05) is 23.1 Å². The molecular weight excluding hydrogens is 258 g/mol. The van der Waals surface area contributed by atoms with Crippen molar-refractivity contribution in [1.29, 1.82) is 0 Å². The van der Waals surface area contributed by atoms with Crippen LogP contribution in [0.4, 0.5) is 0 Å². The van der Waals surface area contributed by atoms with Crippen LogP contribution in [0.1, 0.15) is 35.3 Å². The molecule has 4 nitrogen and oxygen atoms in total. The summed E-state index contributed by atoms with van der Waals surface area (Å²) < 4.78 is 7.32. The SMILES string of the molecule is CCNC(c1ccc(CC)s1)c1c(OC)cnn1C. The summed E-state index contributed by atoms with van der Waals surface area (Å²) in [6, 6.07) is 4.54. The predicted octanol–water partition coefficient (Wildman–Crippen LogP) is 2.75. The fourth-order valence-corrected chi connectivity index (χ4v) is 3.22. The molecule has 0 aliphatic rings. The molecule has 0 aromatic carbocycles. The van der Waals surface area contributed by atoms with Crippen molar-refractivity contribution in [2.24, 2.45) is 7.05 Å². The lowest BCUT2D eigenvalue weighted by Gasteiger charge is -2.18. The van der Waals surface area contributed by atoms with E-state index in [-0.39, 0.29) is 6.04 Å². The third-order valence-electron chi connectivity index (χ3n) is 3.17. The number of aromatic nitrogens is 2. The summed E-state index contributed by atoms with van der Waals surface area (Å²) in [4.78, 5) is 2.71. The van der Waals surface area contributed by atoms with E-state index >= 15 is 0 Å². The van der Waals surface area contributed by atoms with Crippen molar-refractivity contribution in [2.45, 2.75) is 26.3 Å². The minimum absolute atomic E-state index is 0.137. The molecule has 0 aliphatic heterocycles. The molecule has 0 saturated heterocycles. The summed E-state index contributed by atoms with van der Waals surface area (Å²) in [5.74, 6) is 0.833. The molecule has 2 heterocycles. The van der Waals surface area contributed by atoms with Crippen LogP contribution >= 0.6 is 11.3 Å². The number of hydrogen-bond acceptors (Lipinski definition) is 4. The molecule has 19 heavy (non-hydrogen) atoms. The molecule has 1 N–H and O–H groups in total. The van der Waals surface area contributed by atoms with E-state index in [2.05, 4.69) is 36.4 Å². The van der Waals surface area contributed by atoms with Gasteiger partial charge in [-0.05, 0) is 25.1 Å². The summed E-state index contributed by atoms with van der Waals surface area (Å²) in [7, 11) is 3.64. The van der Waals surface area contributed by atoms with Gasteiger partial charge in [-0.15, -0.1) is 11.3 Å². The molecule has 0 fully saturated rings. The first-order valence-corrected chi connectivity index (χ1v) is 7.40. The topological polar surface area (TPSA) is 39.1 Å². The van der Waals surface area contributed by atoms with Gasteiger partial charge in [0.1, 0.15) is 5.69 Å². The van der Waals surface area contributed by atoms with Crippen molar-refractivity contribution in [3.05, 3.63) is 33.8 Å². The van der Waals surface area contributed by atoms with E-state index in [9.17, 15) is 0 Å². The van der Waals surface area contributed by atoms with Crippen LogP contribution in [-0.2, 0) is 13.5 Å². The Balaban J connectivity index is 2.41. The van der Waals surface area contributed by atoms with Crippen LogP contribution in [0.3, 0.4) is 0 Å². The molecule has 0 radical (unpaired) electrons. The zero-order chi connectivity index (χ0) is 13.8. The first-order chi connectivity index (χ1) is 9.21. The van der Waals surface area contributed by atoms with Crippen LogP contribution in [0.15, 0.2) is 18.3 Å². The second-order valence-electron chi connectivity index (χ2n) is 4.37. The molecule has 2 aromatic rings. The number of aryl methyl sites for hydroxylation is 2. The summed E-state index contributed by atoms with van der Waals surface area (Å²) in [6.07, 6.45) is 2.85. The van der Waals surface area contributed by atoms with Crippen molar-refractivity contribution >= 4 is 11.3 Å². The quantitative estimate of drug-likeness (QED) is 0.883. The van der Waals surface area contributed by atoms with Crippen molar-refractivity contribution in [3.63, 3.8) is 0 Å². The number of thiophene rings is 1. The maximum atomic E-state index is 5.43. The molecule has 1 atom stereocenters. The smallest absolute Gasteiger partial charge is 0.161 e. The number of nitrogens with zero attached hydrogens (tertiary/aromatic N) is 2. The Bertz CT molecular complexity index is 533. The Morgan fingerprint density at radius 3 is 2.79 bits per heavy atom. The van der Waals surface area contributed by atoms with Crippen LogP contribution in [-0.4, -0.2) is 23.4 Å². The Hall–Kier alpha value is -1.33. The lowest BCUT2D eigenvalue weighted by atomic mass is 10.1. The van der Waals surface area contributed by atoms with E-state index < -0.39 is 0 Å². The Morgan fingerprint density at radius 1 is 1.42 bits per heavy atom. The highest BCUT2D eigenvalue weighted by Gasteiger charge is 2.23.